The molecule has 0 aliphatic rings. The number of anilines is 2. The van der Waals surface area contributed by atoms with Gasteiger partial charge in [0.1, 0.15) is 0 Å². The third-order valence-corrected chi connectivity index (χ3v) is 4.39. The number of aryl methyl sites for hydroxylation is 1. The zero-order chi connectivity index (χ0) is 18.7. The Morgan fingerprint density at radius 3 is 2.65 bits per heavy atom. The lowest BCUT2D eigenvalue weighted by Gasteiger charge is -2.12. The standard InChI is InChI=1S/C17H18N6O2S/c1-10-11(6-7-12(19-10)13-5-4-8-26-13)15(24)25-9-14-20-16(18)22-17(21-14)23(2)3/h4-8H,9H2,1-3H3,(H2,18,20,21,22). The van der Waals surface area contributed by atoms with Crippen LogP contribution in [0.4, 0.5) is 11.9 Å². The van der Waals surface area contributed by atoms with E-state index in [9.17, 15) is 4.79 Å². The number of nitrogens with two attached hydrogens (primary N) is 1. The number of hydrogen-bond acceptors (Lipinski definition) is 9. The van der Waals surface area contributed by atoms with E-state index in [0.717, 1.165) is 10.6 Å². The zero-order valence-corrected chi connectivity index (χ0v) is 15.4. The molecular weight excluding hydrogens is 352 g/mol. The van der Waals surface area contributed by atoms with E-state index in [1.165, 1.54) is 0 Å². The highest BCUT2D eigenvalue weighted by molar-refractivity contribution is 7.13. The Morgan fingerprint density at radius 2 is 2.00 bits per heavy atom. The number of pyridine rings is 1. The maximum absolute atomic E-state index is 12.4. The van der Waals surface area contributed by atoms with E-state index in [-0.39, 0.29) is 18.4 Å². The molecule has 0 aliphatic carbocycles. The number of nitrogen functional groups attached to an aromatic ring is 1. The second-order valence-corrected chi connectivity index (χ2v) is 6.63. The molecule has 8 nitrogen and oxygen atoms in total. The lowest BCUT2D eigenvalue weighted by molar-refractivity contribution is 0.0460. The number of carbonyl (C=O) groups excluding carboxylic acids is 1. The van der Waals surface area contributed by atoms with Crippen LogP contribution in [0, 0.1) is 6.92 Å². The highest BCUT2D eigenvalue weighted by Crippen LogP contribution is 2.24. The van der Waals surface area contributed by atoms with Gasteiger partial charge in [-0.2, -0.15) is 15.0 Å². The van der Waals surface area contributed by atoms with Gasteiger partial charge in [0.15, 0.2) is 12.4 Å². The van der Waals surface area contributed by atoms with Crippen molar-refractivity contribution in [2.45, 2.75) is 13.5 Å². The van der Waals surface area contributed by atoms with Crippen LogP contribution in [0.25, 0.3) is 10.6 Å². The summed E-state index contributed by atoms with van der Waals surface area (Å²) in [4.78, 5) is 31.8. The second-order valence-electron chi connectivity index (χ2n) is 5.69. The molecule has 0 fully saturated rings. The number of aromatic nitrogens is 4. The summed E-state index contributed by atoms with van der Waals surface area (Å²) >= 11 is 1.59. The summed E-state index contributed by atoms with van der Waals surface area (Å²) in [6.45, 7) is 1.68. The fourth-order valence-corrected chi connectivity index (χ4v) is 2.93. The highest BCUT2D eigenvalue weighted by atomic mass is 32.1. The van der Waals surface area contributed by atoms with E-state index < -0.39 is 5.97 Å². The van der Waals surface area contributed by atoms with Crippen LogP contribution in [0.2, 0.25) is 0 Å². The summed E-state index contributed by atoms with van der Waals surface area (Å²) in [6, 6.07) is 7.47. The largest absolute Gasteiger partial charge is 0.454 e. The molecule has 0 bridgehead atoms. The Bertz CT molecular complexity index is 927. The third-order valence-electron chi connectivity index (χ3n) is 3.50. The summed E-state index contributed by atoms with van der Waals surface area (Å²) < 4.78 is 5.31. The molecule has 26 heavy (non-hydrogen) atoms. The third kappa shape index (κ3) is 3.94. The maximum atomic E-state index is 12.4. The number of rotatable bonds is 5. The number of thiophene rings is 1. The molecular formula is C17H18N6O2S. The van der Waals surface area contributed by atoms with E-state index in [1.807, 2.05) is 17.5 Å². The van der Waals surface area contributed by atoms with Gasteiger partial charge in [-0.25, -0.2) is 4.79 Å². The first-order valence-electron chi connectivity index (χ1n) is 7.80. The van der Waals surface area contributed by atoms with Crippen LogP contribution in [0.5, 0.6) is 0 Å². The predicted octanol–water partition coefficient (Wildman–Crippen LogP) is 2.31. The van der Waals surface area contributed by atoms with Gasteiger partial charge in [-0.15, -0.1) is 11.3 Å². The van der Waals surface area contributed by atoms with Crippen molar-refractivity contribution in [2.24, 2.45) is 0 Å². The molecule has 0 radical (unpaired) electrons. The van der Waals surface area contributed by atoms with E-state index in [4.69, 9.17) is 10.5 Å². The average molecular weight is 370 g/mol. The van der Waals surface area contributed by atoms with Crippen molar-refractivity contribution in [3.8, 4) is 10.6 Å². The van der Waals surface area contributed by atoms with Gasteiger partial charge in [0.25, 0.3) is 0 Å². The Hall–Kier alpha value is -3.07. The van der Waals surface area contributed by atoms with Crippen LogP contribution in [-0.4, -0.2) is 40.0 Å². The van der Waals surface area contributed by atoms with Gasteiger partial charge in [0, 0.05) is 14.1 Å². The number of hydrogen-bond donors (Lipinski definition) is 1. The second kappa shape index (κ2) is 7.44. The van der Waals surface area contributed by atoms with Crippen LogP contribution < -0.4 is 10.6 Å². The van der Waals surface area contributed by atoms with Crippen LogP contribution in [0.1, 0.15) is 21.9 Å². The molecule has 9 heteroatoms. The quantitative estimate of drug-likeness (QED) is 0.682. The van der Waals surface area contributed by atoms with Gasteiger partial charge < -0.3 is 15.4 Å². The van der Waals surface area contributed by atoms with E-state index in [2.05, 4.69) is 19.9 Å². The van der Waals surface area contributed by atoms with E-state index in [0.29, 0.717) is 17.2 Å². The minimum absolute atomic E-state index is 0.0768. The first-order chi connectivity index (χ1) is 12.4. The van der Waals surface area contributed by atoms with Crippen molar-refractivity contribution in [3.63, 3.8) is 0 Å². The molecule has 3 aromatic heterocycles. The van der Waals surface area contributed by atoms with Crippen LogP contribution >= 0.6 is 11.3 Å². The maximum Gasteiger partial charge on any atom is 0.340 e. The summed E-state index contributed by atoms with van der Waals surface area (Å²) in [5.74, 6) is 0.281. The summed E-state index contributed by atoms with van der Waals surface area (Å²) in [5.41, 5.74) is 7.50. The van der Waals surface area contributed by atoms with Gasteiger partial charge in [-0.1, -0.05) is 6.07 Å². The fraction of sp³-hybridized carbons (Fsp3) is 0.235. The van der Waals surface area contributed by atoms with Crippen molar-refractivity contribution in [1.82, 2.24) is 19.9 Å². The van der Waals surface area contributed by atoms with E-state index >= 15 is 0 Å². The SMILES string of the molecule is Cc1nc(-c2cccs2)ccc1C(=O)OCc1nc(N)nc(N(C)C)n1. The molecule has 0 amide bonds. The average Bonchev–Trinajstić information content (AvgIpc) is 3.13. The highest BCUT2D eigenvalue weighted by Gasteiger charge is 2.15. The van der Waals surface area contributed by atoms with Gasteiger partial charge in [0.05, 0.1) is 21.8 Å². The van der Waals surface area contributed by atoms with E-state index in [1.54, 1.807) is 49.4 Å². The Balaban J connectivity index is 1.73. The van der Waals surface area contributed by atoms with Crippen molar-refractivity contribution >= 4 is 29.2 Å². The fourth-order valence-electron chi connectivity index (χ4n) is 2.24. The monoisotopic (exact) mass is 370 g/mol. The van der Waals surface area contributed by atoms with Crippen LogP contribution in [-0.2, 0) is 11.3 Å². The molecule has 3 rings (SSSR count). The normalized spacial score (nSPS) is 10.6. The molecule has 0 spiro atoms. The van der Waals surface area contributed by atoms with Crippen molar-refractivity contribution in [2.75, 3.05) is 24.7 Å². The predicted molar refractivity (Wildman–Crippen MR) is 100.0 cm³/mol. The molecule has 0 unspecified atom stereocenters. The number of esters is 1. The Kier molecular flexibility index (Phi) is 5.08. The van der Waals surface area contributed by atoms with Gasteiger partial charge >= 0.3 is 5.97 Å². The lowest BCUT2D eigenvalue weighted by atomic mass is 10.2. The molecule has 134 valence electrons. The molecule has 0 atom stereocenters. The topological polar surface area (TPSA) is 107 Å². The van der Waals surface area contributed by atoms with Crippen LogP contribution in [0.3, 0.4) is 0 Å². The minimum Gasteiger partial charge on any atom is -0.454 e. The minimum atomic E-state index is -0.488. The van der Waals surface area contributed by atoms with Crippen molar-refractivity contribution in [1.29, 1.82) is 0 Å². The van der Waals surface area contributed by atoms with Gasteiger partial charge in [-0.3, -0.25) is 4.98 Å². The van der Waals surface area contributed by atoms with Gasteiger partial charge in [0.2, 0.25) is 11.9 Å². The molecule has 3 heterocycles. The molecule has 3 aromatic rings. The first kappa shape index (κ1) is 17.7. The molecule has 0 saturated carbocycles. The van der Waals surface area contributed by atoms with Crippen LogP contribution in [0.15, 0.2) is 29.6 Å². The number of ether oxygens (including phenoxy) is 1. The number of carbonyl (C=O) groups is 1. The molecule has 0 saturated heterocycles. The van der Waals surface area contributed by atoms with Crippen molar-refractivity contribution in [3.05, 3.63) is 46.7 Å². The molecule has 0 aromatic carbocycles. The zero-order valence-electron chi connectivity index (χ0n) is 14.6. The molecule has 0 aliphatic heterocycles. The Morgan fingerprint density at radius 1 is 1.19 bits per heavy atom. The summed E-state index contributed by atoms with van der Waals surface area (Å²) in [5, 5.41) is 1.98. The Labute approximate surface area is 154 Å². The van der Waals surface area contributed by atoms with Crippen molar-refractivity contribution < 1.29 is 9.53 Å². The molecule has 2 N–H and O–H groups in total. The smallest absolute Gasteiger partial charge is 0.340 e. The lowest BCUT2D eigenvalue weighted by Crippen LogP contribution is -2.17. The summed E-state index contributed by atoms with van der Waals surface area (Å²) in [6.07, 6.45) is 0. The summed E-state index contributed by atoms with van der Waals surface area (Å²) in [7, 11) is 3.57. The van der Waals surface area contributed by atoms with Gasteiger partial charge in [-0.05, 0) is 30.5 Å². The number of nitrogens with zero attached hydrogens (tertiary/aromatic N) is 5. The first-order valence-corrected chi connectivity index (χ1v) is 8.68.